The molecular weight excluding hydrogens is 220 g/mol. The van der Waals surface area contributed by atoms with Gasteiger partial charge in [0.25, 0.3) is 0 Å². The highest BCUT2D eigenvalue weighted by molar-refractivity contribution is 5.72. The number of aliphatic carboxylic acids is 1. The second-order valence-electron chi connectivity index (χ2n) is 4.92. The van der Waals surface area contributed by atoms with Gasteiger partial charge in [0.1, 0.15) is 0 Å². The third-order valence-electron chi connectivity index (χ3n) is 3.87. The van der Waals surface area contributed by atoms with E-state index < -0.39 is 5.97 Å². The number of carboxylic acid groups (broad SMARTS) is 1. The standard InChI is InChI=1S/C12H22N2O3/c1-2-14-5-6-17-9(8-14)7-13-11-4-3-10(11)12(15)16/h9-11,13H,2-8H2,1H3,(H,15,16). The van der Waals surface area contributed by atoms with E-state index in [1.54, 1.807) is 0 Å². The number of morpholine rings is 1. The number of likely N-dealkylation sites (N-methyl/N-ethyl adjacent to an activating group) is 1. The van der Waals surface area contributed by atoms with Crippen LogP contribution in [0.15, 0.2) is 0 Å². The first-order valence-corrected chi connectivity index (χ1v) is 6.51. The Bertz CT molecular complexity index is 272. The van der Waals surface area contributed by atoms with Gasteiger partial charge in [0, 0.05) is 25.7 Å². The Balaban J connectivity index is 1.69. The zero-order valence-corrected chi connectivity index (χ0v) is 10.4. The Labute approximate surface area is 102 Å². The lowest BCUT2D eigenvalue weighted by molar-refractivity contribution is -0.146. The molecule has 1 aliphatic heterocycles. The van der Waals surface area contributed by atoms with Gasteiger partial charge in [-0.05, 0) is 19.4 Å². The lowest BCUT2D eigenvalue weighted by atomic mass is 9.79. The smallest absolute Gasteiger partial charge is 0.308 e. The van der Waals surface area contributed by atoms with Crippen LogP contribution in [-0.4, -0.2) is 60.9 Å². The minimum absolute atomic E-state index is 0.146. The summed E-state index contributed by atoms with van der Waals surface area (Å²) in [5.74, 6) is -0.866. The molecule has 1 heterocycles. The minimum atomic E-state index is -0.673. The molecule has 0 bridgehead atoms. The van der Waals surface area contributed by atoms with Crippen LogP contribution in [-0.2, 0) is 9.53 Å². The first-order chi connectivity index (χ1) is 8.20. The van der Waals surface area contributed by atoms with Crippen molar-refractivity contribution < 1.29 is 14.6 Å². The Hall–Kier alpha value is -0.650. The molecule has 3 atom stereocenters. The van der Waals surface area contributed by atoms with Crippen LogP contribution in [0.4, 0.5) is 0 Å². The molecule has 0 radical (unpaired) electrons. The third-order valence-corrected chi connectivity index (χ3v) is 3.87. The lowest BCUT2D eigenvalue weighted by Crippen LogP contribution is -2.53. The van der Waals surface area contributed by atoms with Gasteiger partial charge >= 0.3 is 5.97 Å². The predicted molar refractivity (Wildman–Crippen MR) is 64.0 cm³/mol. The van der Waals surface area contributed by atoms with Gasteiger partial charge in [-0.15, -0.1) is 0 Å². The van der Waals surface area contributed by atoms with E-state index in [-0.39, 0.29) is 18.1 Å². The fourth-order valence-electron chi connectivity index (χ4n) is 2.51. The minimum Gasteiger partial charge on any atom is -0.481 e. The van der Waals surface area contributed by atoms with Crippen molar-refractivity contribution in [3.8, 4) is 0 Å². The quantitative estimate of drug-likeness (QED) is 0.719. The molecule has 0 aromatic heterocycles. The topological polar surface area (TPSA) is 61.8 Å². The summed E-state index contributed by atoms with van der Waals surface area (Å²) >= 11 is 0. The van der Waals surface area contributed by atoms with Gasteiger partial charge in [0.15, 0.2) is 0 Å². The van der Waals surface area contributed by atoms with Crippen molar-refractivity contribution in [3.05, 3.63) is 0 Å². The average molecular weight is 242 g/mol. The van der Waals surface area contributed by atoms with Crippen LogP contribution in [0.3, 0.4) is 0 Å². The number of nitrogens with zero attached hydrogens (tertiary/aromatic N) is 1. The van der Waals surface area contributed by atoms with Gasteiger partial charge in [-0.1, -0.05) is 6.92 Å². The zero-order chi connectivity index (χ0) is 12.3. The molecule has 2 fully saturated rings. The predicted octanol–water partition coefficient (Wildman–Crippen LogP) is 0.160. The van der Waals surface area contributed by atoms with Gasteiger partial charge < -0.3 is 15.2 Å². The Morgan fingerprint density at radius 2 is 2.35 bits per heavy atom. The summed E-state index contributed by atoms with van der Waals surface area (Å²) in [6.45, 7) is 6.73. The summed E-state index contributed by atoms with van der Waals surface area (Å²) in [6, 6.07) is 0.146. The molecule has 2 N–H and O–H groups in total. The van der Waals surface area contributed by atoms with Crippen molar-refractivity contribution in [1.29, 1.82) is 0 Å². The molecule has 1 aliphatic carbocycles. The highest BCUT2D eigenvalue weighted by Gasteiger charge is 2.36. The first kappa shape index (κ1) is 12.8. The first-order valence-electron chi connectivity index (χ1n) is 6.51. The molecule has 2 aliphatic rings. The summed E-state index contributed by atoms with van der Waals surface area (Å²) in [4.78, 5) is 13.2. The van der Waals surface area contributed by atoms with Crippen molar-refractivity contribution in [2.75, 3.05) is 32.8 Å². The maximum absolute atomic E-state index is 10.9. The van der Waals surface area contributed by atoms with Crippen LogP contribution in [0, 0.1) is 5.92 Å². The molecule has 17 heavy (non-hydrogen) atoms. The molecule has 5 heteroatoms. The molecule has 0 amide bonds. The Kier molecular flexibility index (Phi) is 4.36. The van der Waals surface area contributed by atoms with Gasteiger partial charge in [-0.2, -0.15) is 0 Å². The summed E-state index contributed by atoms with van der Waals surface area (Å²) in [5, 5.41) is 12.3. The molecule has 2 rings (SSSR count). The van der Waals surface area contributed by atoms with Crippen molar-refractivity contribution in [2.24, 2.45) is 5.92 Å². The largest absolute Gasteiger partial charge is 0.481 e. The van der Waals surface area contributed by atoms with Crippen LogP contribution in [0.1, 0.15) is 19.8 Å². The van der Waals surface area contributed by atoms with E-state index in [4.69, 9.17) is 9.84 Å². The molecule has 3 unspecified atom stereocenters. The molecular formula is C12H22N2O3. The molecule has 0 aromatic rings. The van der Waals surface area contributed by atoms with Gasteiger partial charge in [-0.3, -0.25) is 9.69 Å². The van der Waals surface area contributed by atoms with Crippen molar-refractivity contribution in [1.82, 2.24) is 10.2 Å². The Morgan fingerprint density at radius 3 is 2.94 bits per heavy atom. The van der Waals surface area contributed by atoms with E-state index in [0.717, 1.165) is 45.6 Å². The third kappa shape index (κ3) is 3.18. The van der Waals surface area contributed by atoms with E-state index in [0.29, 0.717) is 0 Å². The monoisotopic (exact) mass is 242 g/mol. The fourth-order valence-corrected chi connectivity index (χ4v) is 2.51. The second-order valence-corrected chi connectivity index (χ2v) is 4.92. The van der Waals surface area contributed by atoms with Crippen molar-refractivity contribution >= 4 is 5.97 Å². The molecule has 0 aromatic carbocycles. The summed E-state index contributed by atoms with van der Waals surface area (Å²) in [5.41, 5.74) is 0. The number of ether oxygens (including phenoxy) is 1. The van der Waals surface area contributed by atoms with Crippen LogP contribution in [0.2, 0.25) is 0 Å². The maximum Gasteiger partial charge on any atom is 0.308 e. The molecule has 1 saturated carbocycles. The maximum atomic E-state index is 10.9. The van der Waals surface area contributed by atoms with E-state index in [1.807, 2.05) is 0 Å². The van der Waals surface area contributed by atoms with Crippen LogP contribution < -0.4 is 5.32 Å². The molecule has 5 nitrogen and oxygen atoms in total. The number of carbonyl (C=O) groups is 1. The molecule has 98 valence electrons. The highest BCUT2D eigenvalue weighted by atomic mass is 16.5. The number of nitrogens with one attached hydrogen (secondary N) is 1. The van der Waals surface area contributed by atoms with Crippen LogP contribution in [0.5, 0.6) is 0 Å². The number of rotatable bonds is 5. The second kappa shape index (κ2) is 5.80. The highest BCUT2D eigenvalue weighted by Crippen LogP contribution is 2.27. The van der Waals surface area contributed by atoms with Crippen LogP contribution in [0.25, 0.3) is 0 Å². The average Bonchev–Trinajstić information content (AvgIpc) is 2.27. The zero-order valence-electron chi connectivity index (χ0n) is 10.4. The van der Waals surface area contributed by atoms with Crippen LogP contribution >= 0.6 is 0 Å². The van der Waals surface area contributed by atoms with Gasteiger partial charge in [0.2, 0.25) is 0 Å². The van der Waals surface area contributed by atoms with Crippen molar-refractivity contribution in [2.45, 2.75) is 31.9 Å². The number of hydrogen-bond acceptors (Lipinski definition) is 4. The fraction of sp³-hybridized carbons (Fsp3) is 0.917. The summed E-state index contributed by atoms with van der Waals surface area (Å²) in [6.07, 6.45) is 1.99. The normalized spacial score (nSPS) is 34.3. The van der Waals surface area contributed by atoms with Crippen molar-refractivity contribution in [3.63, 3.8) is 0 Å². The number of carboxylic acids is 1. The molecule has 0 spiro atoms. The molecule has 1 saturated heterocycles. The summed E-state index contributed by atoms with van der Waals surface area (Å²) < 4.78 is 5.67. The van der Waals surface area contributed by atoms with E-state index >= 15 is 0 Å². The lowest BCUT2D eigenvalue weighted by Gasteiger charge is -2.37. The SMILES string of the molecule is CCN1CCOC(CNC2CCC2C(=O)O)C1. The van der Waals surface area contributed by atoms with E-state index in [2.05, 4.69) is 17.1 Å². The van der Waals surface area contributed by atoms with Gasteiger partial charge in [0.05, 0.1) is 18.6 Å². The van der Waals surface area contributed by atoms with E-state index in [9.17, 15) is 4.79 Å². The Morgan fingerprint density at radius 1 is 1.53 bits per heavy atom. The van der Waals surface area contributed by atoms with Gasteiger partial charge in [-0.25, -0.2) is 0 Å². The van der Waals surface area contributed by atoms with E-state index in [1.165, 1.54) is 0 Å². The number of hydrogen-bond donors (Lipinski definition) is 2. The summed E-state index contributed by atoms with van der Waals surface area (Å²) in [7, 11) is 0.